The SMILES string of the molecule is C[C@H](O)/C=C\[C@@H](C)NC(=O)OC(C)(C)C. The van der Waals surface area contributed by atoms with Crippen LogP contribution < -0.4 is 5.32 Å². The van der Waals surface area contributed by atoms with E-state index >= 15 is 0 Å². The van der Waals surface area contributed by atoms with Crippen molar-refractivity contribution in [1.29, 1.82) is 0 Å². The minimum atomic E-state index is -0.507. The zero-order valence-electron chi connectivity index (χ0n) is 10.1. The Bertz CT molecular complexity index is 228. The molecule has 0 aromatic carbocycles. The standard InChI is InChI=1S/C11H21NO3/c1-8(6-7-9(2)13)12-10(14)15-11(3,4)5/h6-9,13H,1-5H3,(H,12,14)/b7-6-/t8-,9+/m1/s1. The first-order chi connectivity index (χ1) is 6.70. The van der Waals surface area contributed by atoms with Crippen molar-refractivity contribution in [3.8, 4) is 0 Å². The second-order valence-electron chi connectivity index (χ2n) is 4.56. The van der Waals surface area contributed by atoms with Gasteiger partial charge in [0.25, 0.3) is 0 Å². The van der Waals surface area contributed by atoms with Crippen molar-refractivity contribution in [2.45, 2.75) is 52.4 Å². The highest BCUT2D eigenvalue weighted by Crippen LogP contribution is 2.06. The number of aliphatic hydroxyl groups is 1. The summed E-state index contributed by atoms with van der Waals surface area (Å²) < 4.78 is 5.07. The Labute approximate surface area is 91.3 Å². The molecule has 0 aliphatic rings. The molecule has 0 rings (SSSR count). The van der Waals surface area contributed by atoms with Gasteiger partial charge in [0.2, 0.25) is 0 Å². The number of carbonyl (C=O) groups is 1. The molecule has 2 N–H and O–H groups in total. The Morgan fingerprint density at radius 1 is 1.33 bits per heavy atom. The third-order valence-electron chi connectivity index (χ3n) is 1.42. The molecule has 0 aromatic rings. The van der Waals surface area contributed by atoms with E-state index in [-0.39, 0.29) is 6.04 Å². The van der Waals surface area contributed by atoms with Crippen LogP contribution >= 0.6 is 0 Å². The van der Waals surface area contributed by atoms with E-state index in [1.807, 2.05) is 27.7 Å². The topological polar surface area (TPSA) is 58.6 Å². The molecule has 4 nitrogen and oxygen atoms in total. The van der Waals surface area contributed by atoms with E-state index in [4.69, 9.17) is 9.84 Å². The maximum Gasteiger partial charge on any atom is 0.408 e. The maximum absolute atomic E-state index is 11.3. The first-order valence-corrected chi connectivity index (χ1v) is 5.06. The second-order valence-corrected chi connectivity index (χ2v) is 4.56. The maximum atomic E-state index is 11.3. The van der Waals surface area contributed by atoms with Gasteiger partial charge in [-0.1, -0.05) is 12.2 Å². The largest absolute Gasteiger partial charge is 0.444 e. The summed E-state index contributed by atoms with van der Waals surface area (Å²) in [5.41, 5.74) is -0.488. The van der Waals surface area contributed by atoms with Crippen LogP contribution in [0.1, 0.15) is 34.6 Å². The van der Waals surface area contributed by atoms with Gasteiger partial charge >= 0.3 is 6.09 Å². The number of amides is 1. The van der Waals surface area contributed by atoms with E-state index in [0.717, 1.165) is 0 Å². The molecular weight excluding hydrogens is 194 g/mol. The summed E-state index contributed by atoms with van der Waals surface area (Å²) >= 11 is 0. The lowest BCUT2D eigenvalue weighted by Crippen LogP contribution is -2.36. The number of hydrogen-bond acceptors (Lipinski definition) is 3. The zero-order chi connectivity index (χ0) is 12.1. The van der Waals surface area contributed by atoms with Gasteiger partial charge in [-0.25, -0.2) is 4.79 Å². The van der Waals surface area contributed by atoms with Crippen LogP contribution in [0.25, 0.3) is 0 Å². The van der Waals surface area contributed by atoms with Gasteiger partial charge in [-0.3, -0.25) is 0 Å². The van der Waals surface area contributed by atoms with E-state index in [2.05, 4.69) is 5.32 Å². The number of ether oxygens (including phenoxy) is 1. The Morgan fingerprint density at radius 3 is 2.27 bits per heavy atom. The molecule has 0 saturated carbocycles. The molecule has 0 heterocycles. The Balaban J connectivity index is 3.97. The molecule has 4 heteroatoms. The van der Waals surface area contributed by atoms with E-state index in [1.165, 1.54) is 0 Å². The smallest absolute Gasteiger partial charge is 0.408 e. The van der Waals surface area contributed by atoms with Gasteiger partial charge < -0.3 is 15.2 Å². The van der Waals surface area contributed by atoms with Gasteiger partial charge in [-0.05, 0) is 34.6 Å². The minimum absolute atomic E-state index is 0.158. The molecule has 0 spiro atoms. The quantitative estimate of drug-likeness (QED) is 0.706. The van der Waals surface area contributed by atoms with Crippen molar-refractivity contribution in [2.24, 2.45) is 0 Å². The average molecular weight is 215 g/mol. The van der Waals surface area contributed by atoms with Gasteiger partial charge in [0, 0.05) is 6.04 Å². The fourth-order valence-corrected chi connectivity index (χ4v) is 0.869. The van der Waals surface area contributed by atoms with Gasteiger partial charge in [-0.2, -0.15) is 0 Å². The predicted molar refractivity (Wildman–Crippen MR) is 59.7 cm³/mol. The van der Waals surface area contributed by atoms with Gasteiger partial charge in [-0.15, -0.1) is 0 Å². The summed E-state index contributed by atoms with van der Waals surface area (Å²) in [6.45, 7) is 8.88. The molecule has 1 amide bonds. The van der Waals surface area contributed by atoms with Crippen molar-refractivity contribution >= 4 is 6.09 Å². The van der Waals surface area contributed by atoms with E-state index in [1.54, 1.807) is 19.1 Å². The van der Waals surface area contributed by atoms with Crippen LogP contribution in [0.15, 0.2) is 12.2 Å². The second kappa shape index (κ2) is 5.75. The van der Waals surface area contributed by atoms with Crippen molar-refractivity contribution in [2.75, 3.05) is 0 Å². The Morgan fingerprint density at radius 2 is 1.87 bits per heavy atom. The number of carbonyl (C=O) groups excluding carboxylic acids is 1. The highest BCUT2D eigenvalue weighted by atomic mass is 16.6. The normalized spacial score (nSPS) is 16.1. The molecule has 0 radical (unpaired) electrons. The van der Waals surface area contributed by atoms with Gasteiger partial charge in [0.15, 0.2) is 0 Å². The lowest BCUT2D eigenvalue weighted by molar-refractivity contribution is 0.0517. The number of rotatable bonds is 3. The highest BCUT2D eigenvalue weighted by Gasteiger charge is 2.16. The van der Waals surface area contributed by atoms with Crippen LogP contribution in [0.5, 0.6) is 0 Å². The molecule has 2 atom stereocenters. The Hall–Kier alpha value is -1.03. The number of alkyl carbamates (subject to hydrolysis) is 1. The first kappa shape index (κ1) is 14.0. The average Bonchev–Trinajstić information content (AvgIpc) is 1.96. The molecule has 0 fully saturated rings. The molecular formula is C11H21NO3. The highest BCUT2D eigenvalue weighted by molar-refractivity contribution is 5.68. The van der Waals surface area contributed by atoms with Crippen LogP contribution in [0.2, 0.25) is 0 Å². The lowest BCUT2D eigenvalue weighted by Gasteiger charge is -2.21. The van der Waals surface area contributed by atoms with Gasteiger partial charge in [0.1, 0.15) is 5.60 Å². The molecule has 0 aliphatic carbocycles. The first-order valence-electron chi connectivity index (χ1n) is 5.06. The molecule has 0 bridgehead atoms. The summed E-state index contributed by atoms with van der Waals surface area (Å²) in [6, 6.07) is -0.158. The molecule has 0 aliphatic heterocycles. The molecule has 0 aromatic heterocycles. The predicted octanol–water partition coefficient (Wildman–Crippen LogP) is 1.84. The summed E-state index contributed by atoms with van der Waals surface area (Å²) in [5, 5.41) is 11.6. The molecule has 0 saturated heterocycles. The number of aliphatic hydroxyl groups excluding tert-OH is 1. The van der Waals surface area contributed by atoms with E-state index in [9.17, 15) is 4.79 Å². The van der Waals surface area contributed by atoms with Crippen LogP contribution in [0.3, 0.4) is 0 Å². The lowest BCUT2D eigenvalue weighted by atomic mass is 10.2. The third kappa shape index (κ3) is 9.28. The van der Waals surface area contributed by atoms with Crippen LogP contribution in [0.4, 0.5) is 4.79 Å². The van der Waals surface area contributed by atoms with Crippen molar-refractivity contribution in [1.82, 2.24) is 5.32 Å². The summed E-state index contributed by atoms with van der Waals surface area (Å²) in [6.07, 6.45) is 2.37. The minimum Gasteiger partial charge on any atom is -0.444 e. The summed E-state index contributed by atoms with van der Waals surface area (Å²) in [4.78, 5) is 11.3. The zero-order valence-corrected chi connectivity index (χ0v) is 10.1. The third-order valence-corrected chi connectivity index (χ3v) is 1.42. The summed E-state index contributed by atoms with van der Waals surface area (Å²) in [7, 11) is 0. The van der Waals surface area contributed by atoms with E-state index < -0.39 is 17.8 Å². The van der Waals surface area contributed by atoms with Crippen molar-refractivity contribution in [3.63, 3.8) is 0 Å². The van der Waals surface area contributed by atoms with Crippen molar-refractivity contribution < 1.29 is 14.6 Å². The fourth-order valence-electron chi connectivity index (χ4n) is 0.869. The van der Waals surface area contributed by atoms with Crippen LogP contribution in [0, 0.1) is 0 Å². The Kier molecular flexibility index (Phi) is 5.36. The number of hydrogen-bond donors (Lipinski definition) is 2. The van der Waals surface area contributed by atoms with Crippen LogP contribution in [-0.4, -0.2) is 28.9 Å². The fraction of sp³-hybridized carbons (Fsp3) is 0.727. The summed E-state index contributed by atoms with van der Waals surface area (Å²) in [5.74, 6) is 0. The van der Waals surface area contributed by atoms with E-state index in [0.29, 0.717) is 0 Å². The van der Waals surface area contributed by atoms with Crippen LogP contribution in [-0.2, 0) is 4.74 Å². The molecule has 0 unspecified atom stereocenters. The van der Waals surface area contributed by atoms with Gasteiger partial charge in [0.05, 0.1) is 6.10 Å². The molecule has 15 heavy (non-hydrogen) atoms. The number of nitrogens with one attached hydrogen (secondary N) is 1. The monoisotopic (exact) mass is 215 g/mol. The van der Waals surface area contributed by atoms with Crippen molar-refractivity contribution in [3.05, 3.63) is 12.2 Å². The molecule has 88 valence electrons.